The molecular weight excluding hydrogens is 206 g/mol. The molecular formula is C12H21NO3. The lowest BCUT2D eigenvalue weighted by atomic mass is 9.63. The van der Waals surface area contributed by atoms with E-state index >= 15 is 0 Å². The van der Waals surface area contributed by atoms with E-state index < -0.39 is 5.97 Å². The molecule has 1 N–H and O–H groups in total. The van der Waals surface area contributed by atoms with Crippen LogP contribution in [-0.4, -0.2) is 49.3 Å². The number of carboxylic acids is 1. The van der Waals surface area contributed by atoms with Crippen LogP contribution in [-0.2, 0) is 9.53 Å². The Morgan fingerprint density at radius 3 is 2.62 bits per heavy atom. The van der Waals surface area contributed by atoms with Crippen molar-refractivity contribution in [2.75, 3.05) is 33.4 Å². The van der Waals surface area contributed by atoms with Crippen molar-refractivity contribution < 1.29 is 14.6 Å². The molecule has 16 heavy (non-hydrogen) atoms. The zero-order valence-electron chi connectivity index (χ0n) is 10.1. The fourth-order valence-corrected chi connectivity index (χ4v) is 3.29. The summed E-state index contributed by atoms with van der Waals surface area (Å²) in [5.41, 5.74) is -0.0919. The van der Waals surface area contributed by atoms with Gasteiger partial charge in [0.1, 0.15) is 0 Å². The highest BCUT2D eigenvalue weighted by molar-refractivity contribution is 5.71. The maximum Gasteiger partial charge on any atom is 0.307 e. The van der Waals surface area contributed by atoms with E-state index in [0.717, 1.165) is 19.5 Å². The largest absolute Gasteiger partial charge is 0.481 e. The highest BCUT2D eigenvalue weighted by atomic mass is 16.5. The summed E-state index contributed by atoms with van der Waals surface area (Å²) >= 11 is 0. The molecule has 0 aliphatic carbocycles. The highest BCUT2D eigenvalue weighted by Gasteiger charge is 2.54. The predicted octanol–water partition coefficient (Wildman–Crippen LogP) is 1.07. The first kappa shape index (κ1) is 11.9. The Hall–Kier alpha value is -0.610. The molecule has 0 spiro atoms. The van der Waals surface area contributed by atoms with Crippen molar-refractivity contribution in [3.8, 4) is 0 Å². The van der Waals surface area contributed by atoms with Crippen molar-refractivity contribution >= 4 is 5.97 Å². The molecule has 4 heteroatoms. The molecule has 2 aliphatic rings. The van der Waals surface area contributed by atoms with E-state index in [9.17, 15) is 9.90 Å². The first-order chi connectivity index (χ1) is 7.60. The Kier molecular flexibility index (Phi) is 3.22. The lowest BCUT2D eigenvalue weighted by Gasteiger charge is -2.49. The fraction of sp³-hybridized carbons (Fsp3) is 0.917. The zero-order valence-corrected chi connectivity index (χ0v) is 10.1. The third kappa shape index (κ3) is 1.74. The molecule has 2 rings (SSSR count). The van der Waals surface area contributed by atoms with E-state index in [-0.39, 0.29) is 11.3 Å². The number of aliphatic carboxylic acids is 1. The van der Waals surface area contributed by atoms with Gasteiger partial charge in [0, 0.05) is 12.0 Å². The summed E-state index contributed by atoms with van der Waals surface area (Å²) in [4.78, 5) is 13.6. The van der Waals surface area contributed by atoms with Gasteiger partial charge in [0.05, 0.1) is 19.1 Å². The summed E-state index contributed by atoms with van der Waals surface area (Å²) in [7, 11) is 2.11. The van der Waals surface area contributed by atoms with Crippen molar-refractivity contribution in [3.63, 3.8) is 0 Å². The third-order valence-corrected chi connectivity index (χ3v) is 4.35. The average molecular weight is 227 g/mol. The van der Waals surface area contributed by atoms with Crippen LogP contribution in [0.5, 0.6) is 0 Å². The molecule has 0 amide bonds. The number of hydrogen-bond acceptors (Lipinski definition) is 3. The van der Waals surface area contributed by atoms with E-state index in [1.807, 2.05) is 6.92 Å². The summed E-state index contributed by atoms with van der Waals surface area (Å²) in [6, 6.07) is 0. The Labute approximate surface area is 96.6 Å². The minimum absolute atomic E-state index is 0.0919. The Morgan fingerprint density at radius 1 is 1.62 bits per heavy atom. The van der Waals surface area contributed by atoms with Crippen LogP contribution < -0.4 is 0 Å². The van der Waals surface area contributed by atoms with Gasteiger partial charge in [-0.05, 0) is 32.4 Å². The molecule has 0 aromatic rings. The van der Waals surface area contributed by atoms with Crippen LogP contribution in [0, 0.1) is 17.3 Å². The smallest absolute Gasteiger partial charge is 0.307 e. The molecule has 2 aliphatic heterocycles. The molecule has 2 heterocycles. The van der Waals surface area contributed by atoms with Gasteiger partial charge in [-0.25, -0.2) is 0 Å². The summed E-state index contributed by atoms with van der Waals surface area (Å²) in [5, 5.41) is 9.33. The number of carbonyl (C=O) groups is 1. The first-order valence-corrected chi connectivity index (χ1v) is 6.09. The molecule has 0 saturated carbocycles. The van der Waals surface area contributed by atoms with E-state index in [1.54, 1.807) is 0 Å². The monoisotopic (exact) mass is 227 g/mol. The quantitative estimate of drug-likeness (QED) is 0.780. The summed E-state index contributed by atoms with van der Waals surface area (Å²) in [6.07, 6.45) is 1.82. The minimum Gasteiger partial charge on any atom is -0.481 e. The lowest BCUT2D eigenvalue weighted by Crippen LogP contribution is -2.56. The van der Waals surface area contributed by atoms with E-state index in [0.29, 0.717) is 25.6 Å². The number of ether oxygens (including phenoxy) is 1. The van der Waals surface area contributed by atoms with Crippen LogP contribution in [0.2, 0.25) is 0 Å². The standard InChI is InChI=1S/C12H21NO3/c1-3-10(11(14)15)12(7-16-8-12)9-4-5-13(2)6-9/h9-10H,3-8H2,1-2H3,(H,14,15). The summed E-state index contributed by atoms with van der Waals surface area (Å²) in [5.74, 6) is -0.398. The highest BCUT2D eigenvalue weighted by Crippen LogP contribution is 2.47. The van der Waals surface area contributed by atoms with E-state index in [2.05, 4.69) is 11.9 Å². The number of likely N-dealkylation sites (tertiary alicyclic amines) is 1. The van der Waals surface area contributed by atoms with Gasteiger partial charge >= 0.3 is 5.97 Å². The molecule has 0 aromatic heterocycles. The molecule has 2 saturated heterocycles. The molecule has 4 nitrogen and oxygen atoms in total. The number of nitrogens with zero attached hydrogens (tertiary/aromatic N) is 1. The van der Waals surface area contributed by atoms with Crippen LogP contribution in [0.3, 0.4) is 0 Å². The van der Waals surface area contributed by atoms with Crippen molar-refractivity contribution in [2.45, 2.75) is 19.8 Å². The average Bonchev–Trinajstić information content (AvgIpc) is 2.57. The normalized spacial score (nSPS) is 31.0. The number of carboxylic acid groups (broad SMARTS) is 1. The lowest BCUT2D eigenvalue weighted by molar-refractivity contribution is -0.192. The van der Waals surface area contributed by atoms with Gasteiger partial charge in [0.25, 0.3) is 0 Å². The molecule has 2 unspecified atom stereocenters. The number of rotatable bonds is 4. The van der Waals surface area contributed by atoms with Gasteiger partial charge in [0.15, 0.2) is 0 Å². The third-order valence-electron chi connectivity index (χ3n) is 4.35. The van der Waals surface area contributed by atoms with Crippen LogP contribution in [0.1, 0.15) is 19.8 Å². The Bertz CT molecular complexity index is 275. The molecule has 0 radical (unpaired) electrons. The van der Waals surface area contributed by atoms with Gasteiger partial charge in [-0.15, -0.1) is 0 Å². The predicted molar refractivity (Wildman–Crippen MR) is 60.3 cm³/mol. The molecule has 92 valence electrons. The maximum absolute atomic E-state index is 11.3. The van der Waals surface area contributed by atoms with Gasteiger partial charge in [-0.2, -0.15) is 0 Å². The maximum atomic E-state index is 11.3. The second kappa shape index (κ2) is 4.34. The van der Waals surface area contributed by atoms with Crippen LogP contribution in [0.15, 0.2) is 0 Å². The van der Waals surface area contributed by atoms with Gasteiger partial charge in [-0.3, -0.25) is 4.79 Å². The molecule has 2 fully saturated rings. The summed E-state index contributed by atoms with van der Waals surface area (Å²) < 4.78 is 5.34. The molecule has 0 bridgehead atoms. The van der Waals surface area contributed by atoms with Gasteiger partial charge in [0.2, 0.25) is 0 Å². The minimum atomic E-state index is -0.652. The Morgan fingerprint density at radius 2 is 2.31 bits per heavy atom. The van der Waals surface area contributed by atoms with Crippen molar-refractivity contribution in [1.82, 2.24) is 4.90 Å². The van der Waals surface area contributed by atoms with Crippen LogP contribution in [0.25, 0.3) is 0 Å². The molecule has 0 aromatic carbocycles. The van der Waals surface area contributed by atoms with Crippen molar-refractivity contribution in [2.24, 2.45) is 17.3 Å². The van der Waals surface area contributed by atoms with E-state index in [1.165, 1.54) is 0 Å². The zero-order chi connectivity index (χ0) is 11.8. The fourth-order valence-electron chi connectivity index (χ4n) is 3.29. The number of hydrogen-bond donors (Lipinski definition) is 1. The second-order valence-electron chi connectivity index (χ2n) is 5.27. The van der Waals surface area contributed by atoms with Crippen LogP contribution >= 0.6 is 0 Å². The Balaban J connectivity index is 2.15. The SMILES string of the molecule is CCC(C(=O)O)C1(C2CCN(C)C2)COC1. The molecule has 2 atom stereocenters. The van der Waals surface area contributed by atoms with Gasteiger partial charge < -0.3 is 14.7 Å². The first-order valence-electron chi connectivity index (χ1n) is 6.09. The second-order valence-corrected chi connectivity index (χ2v) is 5.27. The van der Waals surface area contributed by atoms with Crippen molar-refractivity contribution in [3.05, 3.63) is 0 Å². The van der Waals surface area contributed by atoms with Gasteiger partial charge in [-0.1, -0.05) is 6.92 Å². The van der Waals surface area contributed by atoms with Crippen LogP contribution in [0.4, 0.5) is 0 Å². The van der Waals surface area contributed by atoms with Crippen molar-refractivity contribution in [1.29, 1.82) is 0 Å². The topological polar surface area (TPSA) is 49.8 Å². The van der Waals surface area contributed by atoms with E-state index in [4.69, 9.17) is 4.74 Å². The summed E-state index contributed by atoms with van der Waals surface area (Å²) in [6.45, 7) is 5.35.